The summed E-state index contributed by atoms with van der Waals surface area (Å²) >= 11 is 0. The van der Waals surface area contributed by atoms with Gasteiger partial charge in [-0.25, -0.2) is 13.1 Å². The van der Waals surface area contributed by atoms with Crippen LogP contribution in [0.4, 0.5) is 0 Å². The number of aryl methyl sites for hydroxylation is 1. The summed E-state index contributed by atoms with van der Waals surface area (Å²) in [6.07, 6.45) is 1.05. The molecule has 1 aromatic heterocycles. The minimum atomic E-state index is -3.81. The number of esters is 1. The second-order valence-electron chi connectivity index (χ2n) is 7.28. The molecule has 1 aliphatic rings. The molecular weight excluding hydrogens is 420 g/mol. The summed E-state index contributed by atoms with van der Waals surface area (Å²) in [5.41, 5.74) is 2.46. The van der Waals surface area contributed by atoms with Crippen LogP contribution in [0.5, 0.6) is 5.75 Å². The van der Waals surface area contributed by atoms with E-state index < -0.39 is 22.1 Å². The first kappa shape index (κ1) is 21.0. The maximum Gasteiger partial charge on any atom is 0.321 e. The third-order valence-corrected chi connectivity index (χ3v) is 6.81. The molecule has 0 aliphatic carbocycles. The molecule has 3 aromatic rings. The number of sulfonamides is 1. The lowest BCUT2D eigenvalue weighted by Gasteiger charge is -2.31. The number of ether oxygens (including phenoxy) is 2. The minimum Gasteiger partial charge on any atom is -0.497 e. The van der Waals surface area contributed by atoms with Crippen LogP contribution in [-0.4, -0.2) is 60.0 Å². The van der Waals surface area contributed by atoms with E-state index in [1.54, 1.807) is 30.1 Å². The van der Waals surface area contributed by atoms with Crippen LogP contribution in [0.3, 0.4) is 0 Å². The smallest absolute Gasteiger partial charge is 0.321 e. The SMILES string of the molecule is COc1ccc(-c2cn(CC3CN(S(=O)(=O)c4ccc(C)cc4)CC(=O)O3)nn2)cc1. The molecule has 0 spiro atoms. The molecule has 1 unspecified atom stereocenters. The van der Waals surface area contributed by atoms with E-state index in [4.69, 9.17) is 9.47 Å². The number of carbonyl (C=O) groups excluding carboxylic acids is 1. The molecule has 162 valence electrons. The highest BCUT2D eigenvalue weighted by Crippen LogP contribution is 2.22. The summed E-state index contributed by atoms with van der Waals surface area (Å²) < 4.78 is 39.1. The van der Waals surface area contributed by atoms with Crippen LogP contribution in [0, 0.1) is 6.92 Å². The number of benzene rings is 2. The van der Waals surface area contributed by atoms with Gasteiger partial charge in [-0.05, 0) is 43.3 Å². The van der Waals surface area contributed by atoms with Crippen molar-refractivity contribution in [3.05, 3.63) is 60.3 Å². The molecule has 4 rings (SSSR count). The van der Waals surface area contributed by atoms with Gasteiger partial charge in [-0.1, -0.05) is 22.9 Å². The number of methoxy groups -OCH3 is 1. The fraction of sp³-hybridized carbons (Fsp3) is 0.286. The Morgan fingerprint density at radius 3 is 2.52 bits per heavy atom. The number of aromatic nitrogens is 3. The summed E-state index contributed by atoms with van der Waals surface area (Å²) in [6.45, 7) is 1.79. The van der Waals surface area contributed by atoms with Gasteiger partial charge in [-0.2, -0.15) is 4.31 Å². The number of rotatable bonds is 6. The van der Waals surface area contributed by atoms with Gasteiger partial charge in [0.05, 0.1) is 31.3 Å². The highest BCUT2D eigenvalue weighted by atomic mass is 32.2. The summed E-state index contributed by atoms with van der Waals surface area (Å²) in [5.74, 6) is 0.141. The maximum atomic E-state index is 13.0. The van der Waals surface area contributed by atoms with Crippen molar-refractivity contribution in [3.63, 3.8) is 0 Å². The number of carbonyl (C=O) groups is 1. The number of hydrogen-bond donors (Lipinski definition) is 0. The second-order valence-corrected chi connectivity index (χ2v) is 9.21. The molecule has 10 heteroatoms. The van der Waals surface area contributed by atoms with E-state index in [9.17, 15) is 13.2 Å². The fourth-order valence-corrected chi connectivity index (χ4v) is 4.74. The molecule has 9 nitrogen and oxygen atoms in total. The first-order valence-electron chi connectivity index (χ1n) is 9.66. The zero-order chi connectivity index (χ0) is 22.0. The maximum absolute atomic E-state index is 13.0. The van der Waals surface area contributed by atoms with Gasteiger partial charge in [0, 0.05) is 5.56 Å². The van der Waals surface area contributed by atoms with Crippen molar-refractivity contribution in [1.29, 1.82) is 0 Å². The lowest BCUT2D eigenvalue weighted by molar-refractivity contribution is -0.156. The molecule has 0 bridgehead atoms. The topological polar surface area (TPSA) is 104 Å². The number of morpholine rings is 1. The molecule has 0 amide bonds. The standard InChI is InChI=1S/C21H22N4O5S/c1-15-3-9-19(10-4-15)31(27,28)25-12-18(30-21(26)14-25)11-24-13-20(22-23-24)16-5-7-17(29-2)8-6-16/h3-10,13,18H,11-12,14H2,1-2H3. The van der Waals surface area contributed by atoms with E-state index in [1.165, 1.54) is 12.1 Å². The van der Waals surface area contributed by atoms with Crippen LogP contribution >= 0.6 is 0 Å². The Morgan fingerprint density at radius 1 is 1.13 bits per heavy atom. The second kappa shape index (κ2) is 8.48. The molecule has 1 saturated heterocycles. The van der Waals surface area contributed by atoms with Gasteiger partial charge in [0.1, 0.15) is 24.1 Å². The van der Waals surface area contributed by atoms with Crippen LogP contribution in [0.25, 0.3) is 11.3 Å². The Kier molecular flexibility index (Phi) is 5.75. The Bertz CT molecular complexity index is 1170. The predicted molar refractivity (Wildman–Crippen MR) is 112 cm³/mol. The molecular formula is C21H22N4O5S. The molecule has 2 aromatic carbocycles. The normalized spacial score (nSPS) is 17.4. The van der Waals surface area contributed by atoms with Crippen LogP contribution in [0.1, 0.15) is 5.56 Å². The Labute approximate surface area is 180 Å². The quantitative estimate of drug-likeness (QED) is 0.537. The van der Waals surface area contributed by atoms with Crippen molar-refractivity contribution >= 4 is 16.0 Å². The van der Waals surface area contributed by atoms with Crippen molar-refractivity contribution in [2.75, 3.05) is 20.2 Å². The van der Waals surface area contributed by atoms with Crippen LogP contribution in [0.15, 0.2) is 59.6 Å². The van der Waals surface area contributed by atoms with Crippen LogP contribution in [-0.2, 0) is 26.1 Å². The average molecular weight is 442 g/mol. The van der Waals surface area contributed by atoms with Crippen molar-refractivity contribution in [1.82, 2.24) is 19.3 Å². The van der Waals surface area contributed by atoms with Crippen molar-refractivity contribution < 1.29 is 22.7 Å². The van der Waals surface area contributed by atoms with Gasteiger partial charge in [0.2, 0.25) is 10.0 Å². The zero-order valence-corrected chi connectivity index (χ0v) is 17.9. The first-order chi connectivity index (χ1) is 14.8. The van der Waals surface area contributed by atoms with Gasteiger partial charge >= 0.3 is 5.97 Å². The van der Waals surface area contributed by atoms with E-state index >= 15 is 0 Å². The van der Waals surface area contributed by atoms with Gasteiger partial charge in [-0.15, -0.1) is 5.10 Å². The summed E-state index contributed by atoms with van der Waals surface area (Å²) in [5, 5.41) is 8.24. The summed E-state index contributed by atoms with van der Waals surface area (Å²) in [6, 6.07) is 13.9. The number of nitrogens with zero attached hydrogens (tertiary/aromatic N) is 4. The highest BCUT2D eigenvalue weighted by Gasteiger charge is 2.35. The van der Waals surface area contributed by atoms with Crippen LogP contribution in [0.2, 0.25) is 0 Å². The van der Waals surface area contributed by atoms with Gasteiger partial charge in [-0.3, -0.25) is 4.79 Å². The molecule has 0 radical (unpaired) electrons. The highest BCUT2D eigenvalue weighted by molar-refractivity contribution is 7.89. The number of cyclic esters (lactones) is 1. The average Bonchev–Trinajstić information content (AvgIpc) is 3.22. The molecule has 1 atom stereocenters. The molecule has 1 aliphatic heterocycles. The van der Waals surface area contributed by atoms with E-state index in [2.05, 4.69) is 10.3 Å². The lowest BCUT2D eigenvalue weighted by Crippen LogP contribution is -2.49. The monoisotopic (exact) mass is 442 g/mol. The van der Waals surface area contributed by atoms with E-state index in [0.29, 0.717) is 5.69 Å². The summed E-state index contributed by atoms with van der Waals surface area (Å²) in [4.78, 5) is 12.3. The molecule has 1 fully saturated rings. The first-order valence-corrected chi connectivity index (χ1v) is 11.1. The van der Waals surface area contributed by atoms with Gasteiger partial charge < -0.3 is 9.47 Å². The van der Waals surface area contributed by atoms with E-state index in [0.717, 1.165) is 21.2 Å². The Hall–Kier alpha value is -3.24. The zero-order valence-electron chi connectivity index (χ0n) is 17.1. The lowest BCUT2D eigenvalue weighted by atomic mass is 10.1. The van der Waals surface area contributed by atoms with Crippen LogP contribution < -0.4 is 4.74 Å². The molecule has 0 N–H and O–H groups in total. The van der Waals surface area contributed by atoms with Crippen molar-refractivity contribution in [2.45, 2.75) is 24.5 Å². The molecule has 2 heterocycles. The largest absolute Gasteiger partial charge is 0.497 e. The third-order valence-electron chi connectivity index (χ3n) is 4.98. The molecule has 31 heavy (non-hydrogen) atoms. The molecule has 0 saturated carbocycles. The van der Waals surface area contributed by atoms with E-state index in [1.807, 2.05) is 31.2 Å². The Balaban J connectivity index is 1.48. The van der Waals surface area contributed by atoms with Gasteiger partial charge in [0.15, 0.2) is 0 Å². The Morgan fingerprint density at radius 2 is 1.84 bits per heavy atom. The predicted octanol–water partition coefficient (Wildman–Crippen LogP) is 1.88. The minimum absolute atomic E-state index is 0.0413. The third kappa shape index (κ3) is 4.59. The van der Waals surface area contributed by atoms with Crippen molar-refractivity contribution in [2.24, 2.45) is 0 Å². The van der Waals surface area contributed by atoms with E-state index in [-0.39, 0.29) is 24.5 Å². The number of hydrogen-bond acceptors (Lipinski definition) is 7. The summed E-state index contributed by atoms with van der Waals surface area (Å²) in [7, 11) is -2.21. The van der Waals surface area contributed by atoms with Gasteiger partial charge in [0.25, 0.3) is 0 Å². The fourth-order valence-electron chi connectivity index (χ4n) is 3.32. The van der Waals surface area contributed by atoms with Crippen molar-refractivity contribution in [3.8, 4) is 17.0 Å².